The van der Waals surface area contributed by atoms with Crippen LogP contribution in [0.2, 0.25) is 0 Å². The molecular weight excluding hydrogens is 316 g/mol. The molecule has 0 aromatic carbocycles. The Balaban J connectivity index is 1.57. The molecule has 7 nitrogen and oxygen atoms in total. The summed E-state index contributed by atoms with van der Waals surface area (Å²) in [4.78, 5) is 28.0. The molecule has 1 aromatic heterocycles. The number of carbonyl (C=O) groups excluding carboxylic acids is 1. The van der Waals surface area contributed by atoms with Gasteiger partial charge in [-0.2, -0.15) is 4.98 Å². The lowest BCUT2D eigenvalue weighted by Gasteiger charge is -2.40. The van der Waals surface area contributed by atoms with Gasteiger partial charge in [0.15, 0.2) is 0 Å². The van der Waals surface area contributed by atoms with Crippen LogP contribution in [0.1, 0.15) is 32.4 Å². The number of piperazine rings is 1. The molecule has 2 fully saturated rings. The van der Waals surface area contributed by atoms with E-state index in [1.165, 1.54) is 0 Å². The van der Waals surface area contributed by atoms with E-state index in [-0.39, 0.29) is 5.92 Å². The summed E-state index contributed by atoms with van der Waals surface area (Å²) in [5.41, 5.74) is 6.63. The second kappa shape index (κ2) is 7.56. The highest BCUT2D eigenvalue weighted by molar-refractivity contribution is 5.79. The van der Waals surface area contributed by atoms with E-state index in [0.29, 0.717) is 17.9 Å². The maximum Gasteiger partial charge on any atom is 0.227 e. The monoisotopic (exact) mass is 346 g/mol. The Labute approximate surface area is 150 Å². The minimum atomic E-state index is 0.152. The van der Waals surface area contributed by atoms with E-state index in [9.17, 15) is 4.79 Å². The number of nitrogens with zero attached hydrogens (tertiary/aromatic N) is 5. The summed E-state index contributed by atoms with van der Waals surface area (Å²) in [5, 5.41) is 0. The first-order valence-corrected chi connectivity index (χ1v) is 9.33. The Morgan fingerprint density at radius 2 is 1.92 bits per heavy atom. The predicted molar refractivity (Wildman–Crippen MR) is 99.4 cm³/mol. The van der Waals surface area contributed by atoms with Gasteiger partial charge in [-0.1, -0.05) is 0 Å². The number of piperidine rings is 1. The molecule has 0 aliphatic carbocycles. The summed E-state index contributed by atoms with van der Waals surface area (Å²) in [5.74, 6) is 1.65. The van der Waals surface area contributed by atoms with Crippen molar-refractivity contribution < 1.29 is 4.79 Å². The van der Waals surface area contributed by atoms with Crippen molar-refractivity contribution in [1.82, 2.24) is 19.8 Å². The van der Waals surface area contributed by atoms with Crippen molar-refractivity contribution >= 4 is 17.7 Å². The lowest BCUT2D eigenvalue weighted by Crippen LogP contribution is -2.53. The molecule has 0 spiro atoms. The summed E-state index contributed by atoms with van der Waals surface area (Å²) in [6.07, 6.45) is 2.14. The summed E-state index contributed by atoms with van der Waals surface area (Å²) >= 11 is 0. The Bertz CT molecular complexity index is 591. The number of carbonyl (C=O) groups is 1. The molecule has 0 saturated carbocycles. The second-order valence-electron chi connectivity index (χ2n) is 7.47. The fourth-order valence-corrected chi connectivity index (χ4v) is 3.83. The van der Waals surface area contributed by atoms with Crippen LogP contribution in [0.4, 0.5) is 11.8 Å². The fraction of sp³-hybridized carbons (Fsp3) is 0.722. The van der Waals surface area contributed by atoms with Crippen molar-refractivity contribution in [2.45, 2.75) is 39.7 Å². The van der Waals surface area contributed by atoms with Gasteiger partial charge >= 0.3 is 0 Å². The zero-order valence-electron chi connectivity index (χ0n) is 15.6. The SMILES string of the molecule is Cc1cc(N2CCN(C(=O)[C@H]3CCCN(C(C)C)C3)CC2)nc(N)n1. The number of hydrogen-bond acceptors (Lipinski definition) is 6. The standard InChI is InChI=1S/C18H30N6O/c1-13(2)24-6-4-5-15(12-24)17(25)23-9-7-22(8-10-23)16-11-14(3)20-18(19)21-16/h11,13,15H,4-10,12H2,1-3H3,(H2,19,20,21)/t15-/m0/s1. The van der Waals surface area contributed by atoms with Gasteiger partial charge in [0.05, 0.1) is 5.92 Å². The van der Waals surface area contributed by atoms with Gasteiger partial charge in [-0.25, -0.2) is 4.98 Å². The normalized spacial score (nSPS) is 22.5. The fourth-order valence-electron chi connectivity index (χ4n) is 3.83. The highest BCUT2D eigenvalue weighted by Crippen LogP contribution is 2.22. The molecule has 1 amide bonds. The van der Waals surface area contributed by atoms with Crippen LogP contribution < -0.4 is 10.6 Å². The topological polar surface area (TPSA) is 78.6 Å². The van der Waals surface area contributed by atoms with Crippen LogP contribution in [-0.4, -0.2) is 71.0 Å². The maximum atomic E-state index is 12.9. The lowest BCUT2D eigenvalue weighted by atomic mass is 9.95. The third kappa shape index (κ3) is 4.21. The van der Waals surface area contributed by atoms with Crippen LogP contribution in [0.15, 0.2) is 6.07 Å². The molecule has 1 atom stereocenters. The molecule has 3 rings (SSSR count). The van der Waals surface area contributed by atoms with E-state index in [4.69, 9.17) is 5.73 Å². The van der Waals surface area contributed by atoms with Crippen molar-refractivity contribution in [2.75, 3.05) is 49.9 Å². The Kier molecular flexibility index (Phi) is 5.42. The number of nitrogens with two attached hydrogens (primary N) is 1. The minimum absolute atomic E-state index is 0.152. The van der Waals surface area contributed by atoms with Crippen LogP contribution in [-0.2, 0) is 4.79 Å². The zero-order chi connectivity index (χ0) is 18.0. The van der Waals surface area contributed by atoms with E-state index in [1.54, 1.807) is 0 Å². The average Bonchev–Trinajstić information content (AvgIpc) is 2.60. The molecule has 3 heterocycles. The van der Waals surface area contributed by atoms with Crippen LogP contribution in [0, 0.1) is 12.8 Å². The van der Waals surface area contributed by atoms with Crippen molar-refractivity contribution in [1.29, 1.82) is 0 Å². The van der Waals surface area contributed by atoms with Crippen LogP contribution >= 0.6 is 0 Å². The Morgan fingerprint density at radius 3 is 2.56 bits per heavy atom. The Morgan fingerprint density at radius 1 is 1.20 bits per heavy atom. The number of aryl methyl sites for hydroxylation is 1. The molecule has 0 radical (unpaired) electrons. The van der Waals surface area contributed by atoms with Crippen LogP contribution in [0.25, 0.3) is 0 Å². The zero-order valence-corrected chi connectivity index (χ0v) is 15.6. The third-order valence-electron chi connectivity index (χ3n) is 5.31. The molecule has 0 unspecified atom stereocenters. The number of hydrogen-bond donors (Lipinski definition) is 1. The van der Waals surface area contributed by atoms with Gasteiger partial charge in [0.1, 0.15) is 5.82 Å². The number of aromatic nitrogens is 2. The van der Waals surface area contributed by atoms with E-state index in [1.807, 2.05) is 17.9 Å². The molecule has 2 aliphatic rings. The maximum absolute atomic E-state index is 12.9. The van der Waals surface area contributed by atoms with Crippen LogP contribution in [0.5, 0.6) is 0 Å². The smallest absolute Gasteiger partial charge is 0.227 e. The number of amides is 1. The number of likely N-dealkylation sites (tertiary alicyclic amines) is 1. The first kappa shape index (κ1) is 17.9. The molecule has 2 N–H and O–H groups in total. The van der Waals surface area contributed by atoms with Gasteiger partial charge in [-0.3, -0.25) is 4.79 Å². The molecule has 1 aromatic rings. The Hall–Kier alpha value is -1.89. The van der Waals surface area contributed by atoms with E-state index >= 15 is 0 Å². The van der Waals surface area contributed by atoms with Gasteiger partial charge in [0.25, 0.3) is 0 Å². The molecule has 138 valence electrons. The number of anilines is 2. The van der Waals surface area contributed by atoms with Gasteiger partial charge in [-0.15, -0.1) is 0 Å². The van der Waals surface area contributed by atoms with Crippen LogP contribution in [0.3, 0.4) is 0 Å². The molecule has 25 heavy (non-hydrogen) atoms. The molecule has 2 aliphatic heterocycles. The average molecular weight is 346 g/mol. The molecular formula is C18H30N6O. The van der Waals surface area contributed by atoms with Gasteiger partial charge in [0.2, 0.25) is 11.9 Å². The molecule has 7 heteroatoms. The number of nitrogen functional groups attached to an aromatic ring is 1. The van der Waals surface area contributed by atoms with Crippen molar-refractivity contribution in [3.8, 4) is 0 Å². The second-order valence-corrected chi connectivity index (χ2v) is 7.47. The van der Waals surface area contributed by atoms with Gasteiger partial charge in [-0.05, 0) is 40.2 Å². The quantitative estimate of drug-likeness (QED) is 0.884. The first-order valence-electron chi connectivity index (χ1n) is 9.33. The van der Waals surface area contributed by atoms with E-state index in [0.717, 1.165) is 63.6 Å². The summed E-state index contributed by atoms with van der Waals surface area (Å²) < 4.78 is 0. The van der Waals surface area contributed by atoms with Crippen molar-refractivity contribution in [3.63, 3.8) is 0 Å². The van der Waals surface area contributed by atoms with Gasteiger partial charge < -0.3 is 20.4 Å². The minimum Gasteiger partial charge on any atom is -0.368 e. The van der Waals surface area contributed by atoms with Gasteiger partial charge in [0, 0.05) is 50.5 Å². The highest BCUT2D eigenvalue weighted by Gasteiger charge is 2.31. The lowest BCUT2D eigenvalue weighted by molar-refractivity contribution is -0.137. The summed E-state index contributed by atoms with van der Waals surface area (Å²) in [7, 11) is 0. The summed E-state index contributed by atoms with van der Waals surface area (Å²) in [6, 6.07) is 2.47. The largest absolute Gasteiger partial charge is 0.368 e. The first-order chi connectivity index (χ1) is 11.9. The third-order valence-corrected chi connectivity index (χ3v) is 5.31. The molecule has 0 bridgehead atoms. The van der Waals surface area contributed by atoms with Crippen molar-refractivity contribution in [3.05, 3.63) is 11.8 Å². The van der Waals surface area contributed by atoms with E-state index in [2.05, 4.69) is 33.6 Å². The molecule has 2 saturated heterocycles. The predicted octanol–water partition coefficient (Wildman–Crippen LogP) is 1.14. The highest BCUT2D eigenvalue weighted by atomic mass is 16.2. The van der Waals surface area contributed by atoms with E-state index < -0.39 is 0 Å². The number of rotatable bonds is 3. The van der Waals surface area contributed by atoms with Crippen molar-refractivity contribution in [2.24, 2.45) is 5.92 Å². The summed E-state index contributed by atoms with van der Waals surface area (Å²) in [6.45, 7) is 11.4.